The van der Waals surface area contributed by atoms with Crippen LogP contribution in [0.4, 0.5) is 10.5 Å². The van der Waals surface area contributed by atoms with Gasteiger partial charge >= 0.3 is 6.03 Å². The van der Waals surface area contributed by atoms with Crippen LogP contribution in [-0.2, 0) is 6.54 Å². The largest absolute Gasteiger partial charge is 0.337 e. The number of amides is 2. The van der Waals surface area contributed by atoms with Gasteiger partial charge in [-0.1, -0.05) is 28.4 Å². The zero-order valence-corrected chi connectivity index (χ0v) is 11.4. The lowest BCUT2D eigenvalue weighted by Crippen LogP contribution is -2.28. The smallest absolute Gasteiger partial charge is 0.319 e. The molecular formula is C11H10Cl2N4O2. The van der Waals surface area contributed by atoms with E-state index in [0.29, 0.717) is 27.4 Å². The van der Waals surface area contributed by atoms with Crippen LogP contribution in [0.2, 0.25) is 10.0 Å². The molecule has 100 valence electrons. The van der Waals surface area contributed by atoms with E-state index in [2.05, 4.69) is 20.8 Å². The van der Waals surface area contributed by atoms with Crippen LogP contribution in [-0.4, -0.2) is 16.2 Å². The molecule has 1 heterocycles. The molecule has 0 atom stereocenters. The number of urea groups is 1. The number of hydrogen-bond acceptors (Lipinski definition) is 4. The second kappa shape index (κ2) is 5.90. The maximum absolute atomic E-state index is 11.6. The van der Waals surface area contributed by atoms with Crippen LogP contribution in [0, 0.1) is 6.92 Å². The van der Waals surface area contributed by atoms with Crippen molar-refractivity contribution in [2.24, 2.45) is 0 Å². The van der Waals surface area contributed by atoms with E-state index in [0.717, 1.165) is 0 Å². The highest BCUT2D eigenvalue weighted by Gasteiger charge is 2.07. The molecule has 19 heavy (non-hydrogen) atoms. The van der Waals surface area contributed by atoms with Crippen LogP contribution in [0.5, 0.6) is 0 Å². The maximum Gasteiger partial charge on any atom is 0.319 e. The lowest BCUT2D eigenvalue weighted by atomic mass is 10.3. The molecule has 0 saturated carbocycles. The lowest BCUT2D eigenvalue weighted by molar-refractivity contribution is 0.249. The number of carbonyl (C=O) groups is 1. The van der Waals surface area contributed by atoms with E-state index in [1.807, 2.05) is 0 Å². The van der Waals surface area contributed by atoms with Gasteiger partial charge in [-0.15, -0.1) is 0 Å². The molecule has 0 radical (unpaired) electrons. The van der Waals surface area contributed by atoms with Gasteiger partial charge in [0.05, 0.1) is 16.6 Å². The van der Waals surface area contributed by atoms with Crippen molar-refractivity contribution in [1.82, 2.24) is 15.5 Å². The van der Waals surface area contributed by atoms with Crippen LogP contribution in [0.1, 0.15) is 11.7 Å². The molecule has 2 N–H and O–H groups in total. The first-order valence-corrected chi connectivity index (χ1v) is 6.09. The summed E-state index contributed by atoms with van der Waals surface area (Å²) in [5.74, 6) is 0.850. The van der Waals surface area contributed by atoms with Crippen LogP contribution >= 0.6 is 23.2 Å². The molecule has 2 aromatic rings. The van der Waals surface area contributed by atoms with Crippen molar-refractivity contribution < 1.29 is 9.32 Å². The molecule has 1 aromatic heterocycles. The number of nitrogens with zero attached hydrogens (tertiary/aromatic N) is 2. The van der Waals surface area contributed by atoms with Gasteiger partial charge < -0.3 is 15.2 Å². The van der Waals surface area contributed by atoms with Crippen LogP contribution in [0.25, 0.3) is 0 Å². The summed E-state index contributed by atoms with van der Waals surface area (Å²) in [7, 11) is 0. The van der Waals surface area contributed by atoms with E-state index in [1.54, 1.807) is 25.1 Å². The van der Waals surface area contributed by atoms with E-state index < -0.39 is 6.03 Å². The van der Waals surface area contributed by atoms with E-state index in [-0.39, 0.29) is 6.54 Å². The van der Waals surface area contributed by atoms with Gasteiger partial charge in [-0.2, -0.15) is 4.98 Å². The van der Waals surface area contributed by atoms with Gasteiger partial charge in [0.15, 0.2) is 5.82 Å². The van der Waals surface area contributed by atoms with Crippen molar-refractivity contribution >= 4 is 34.9 Å². The van der Waals surface area contributed by atoms with Gasteiger partial charge in [0.25, 0.3) is 0 Å². The third-order valence-electron chi connectivity index (χ3n) is 2.15. The minimum Gasteiger partial charge on any atom is -0.337 e. The van der Waals surface area contributed by atoms with Crippen molar-refractivity contribution in [2.45, 2.75) is 13.5 Å². The molecule has 0 fully saturated rings. The Morgan fingerprint density at radius 1 is 1.37 bits per heavy atom. The standard InChI is InChI=1S/C11H10Cl2N4O2/c1-6-15-10(19-17-6)5-14-11(18)16-7-2-3-8(12)9(13)4-7/h2-4H,5H2,1H3,(H2,14,16,18). The molecule has 0 spiro atoms. The number of halogens is 2. The van der Waals surface area contributed by atoms with Crippen molar-refractivity contribution in [3.8, 4) is 0 Å². The second-order valence-electron chi connectivity index (χ2n) is 3.67. The summed E-state index contributed by atoms with van der Waals surface area (Å²) < 4.78 is 4.86. The first-order chi connectivity index (χ1) is 9.04. The molecule has 8 heteroatoms. The zero-order chi connectivity index (χ0) is 13.8. The van der Waals surface area contributed by atoms with Crippen molar-refractivity contribution in [1.29, 1.82) is 0 Å². The van der Waals surface area contributed by atoms with Crippen molar-refractivity contribution in [3.63, 3.8) is 0 Å². The Balaban J connectivity index is 1.88. The summed E-state index contributed by atoms with van der Waals surface area (Å²) in [5.41, 5.74) is 0.536. The van der Waals surface area contributed by atoms with Gasteiger partial charge in [-0.25, -0.2) is 4.79 Å². The molecule has 0 saturated heterocycles. The van der Waals surface area contributed by atoms with Gasteiger partial charge in [0.2, 0.25) is 5.89 Å². The van der Waals surface area contributed by atoms with Crippen molar-refractivity contribution in [3.05, 3.63) is 40.0 Å². The molecule has 0 unspecified atom stereocenters. The first kappa shape index (κ1) is 13.6. The number of carbonyl (C=O) groups excluding carboxylic acids is 1. The fraction of sp³-hybridized carbons (Fsp3) is 0.182. The minimum absolute atomic E-state index is 0.147. The average Bonchev–Trinajstić information content (AvgIpc) is 2.77. The summed E-state index contributed by atoms with van der Waals surface area (Å²) in [6, 6.07) is 4.39. The second-order valence-corrected chi connectivity index (χ2v) is 4.49. The number of benzene rings is 1. The lowest BCUT2D eigenvalue weighted by Gasteiger charge is -2.06. The average molecular weight is 301 g/mol. The summed E-state index contributed by atoms with van der Waals surface area (Å²) in [4.78, 5) is 15.6. The number of rotatable bonds is 3. The normalized spacial score (nSPS) is 10.3. The molecule has 0 aliphatic carbocycles. The molecule has 0 aliphatic rings. The van der Waals surface area contributed by atoms with Gasteiger partial charge in [-0.05, 0) is 25.1 Å². The van der Waals surface area contributed by atoms with E-state index in [1.165, 1.54) is 0 Å². The predicted molar refractivity (Wildman–Crippen MR) is 71.4 cm³/mol. The molecule has 6 nitrogen and oxygen atoms in total. The first-order valence-electron chi connectivity index (χ1n) is 5.33. The number of aromatic nitrogens is 2. The highest BCUT2D eigenvalue weighted by Crippen LogP contribution is 2.24. The number of anilines is 1. The number of aryl methyl sites for hydroxylation is 1. The molecule has 0 aliphatic heterocycles. The Labute approximate surface area is 119 Å². The quantitative estimate of drug-likeness (QED) is 0.913. The van der Waals surface area contributed by atoms with E-state index in [9.17, 15) is 4.79 Å². The maximum atomic E-state index is 11.6. The van der Waals surface area contributed by atoms with Crippen LogP contribution in [0.15, 0.2) is 22.7 Å². The third-order valence-corrected chi connectivity index (χ3v) is 2.89. The Kier molecular flexibility index (Phi) is 4.24. The van der Waals surface area contributed by atoms with Crippen LogP contribution in [0.3, 0.4) is 0 Å². The molecule has 0 bridgehead atoms. The Bertz CT molecular complexity index is 600. The van der Waals surface area contributed by atoms with Crippen LogP contribution < -0.4 is 10.6 Å². The topological polar surface area (TPSA) is 80.0 Å². The third kappa shape index (κ3) is 3.84. The molecule has 2 amide bonds. The van der Waals surface area contributed by atoms with E-state index >= 15 is 0 Å². The minimum atomic E-state index is -0.408. The Morgan fingerprint density at radius 2 is 2.16 bits per heavy atom. The fourth-order valence-corrected chi connectivity index (χ4v) is 1.61. The van der Waals surface area contributed by atoms with E-state index in [4.69, 9.17) is 27.7 Å². The Hall–Kier alpha value is -1.79. The fourth-order valence-electron chi connectivity index (χ4n) is 1.32. The van der Waals surface area contributed by atoms with Gasteiger partial charge in [-0.3, -0.25) is 0 Å². The molecule has 1 aromatic carbocycles. The Morgan fingerprint density at radius 3 is 2.79 bits per heavy atom. The summed E-state index contributed by atoms with van der Waals surface area (Å²) in [6.07, 6.45) is 0. The number of nitrogens with one attached hydrogen (secondary N) is 2. The molecule has 2 rings (SSSR count). The summed E-state index contributed by atoms with van der Waals surface area (Å²) in [6.45, 7) is 1.84. The predicted octanol–water partition coefficient (Wildman–Crippen LogP) is 3.01. The van der Waals surface area contributed by atoms with Gasteiger partial charge in [0.1, 0.15) is 0 Å². The van der Waals surface area contributed by atoms with Crippen molar-refractivity contribution in [2.75, 3.05) is 5.32 Å². The summed E-state index contributed by atoms with van der Waals surface area (Å²) >= 11 is 11.6. The number of hydrogen-bond donors (Lipinski definition) is 2. The zero-order valence-electron chi connectivity index (χ0n) is 9.91. The molecular weight excluding hydrogens is 291 g/mol. The van der Waals surface area contributed by atoms with Gasteiger partial charge in [0, 0.05) is 5.69 Å². The highest BCUT2D eigenvalue weighted by atomic mass is 35.5. The SMILES string of the molecule is Cc1noc(CNC(=O)Nc2ccc(Cl)c(Cl)c2)n1. The monoisotopic (exact) mass is 300 g/mol. The highest BCUT2D eigenvalue weighted by molar-refractivity contribution is 6.42. The summed E-state index contributed by atoms with van der Waals surface area (Å²) in [5, 5.41) is 9.58.